The number of allylic oxidation sites excluding steroid dienone is 1. The van der Waals surface area contributed by atoms with Crippen molar-refractivity contribution in [1.29, 1.82) is 0 Å². The van der Waals surface area contributed by atoms with Crippen LogP contribution in [0.4, 0.5) is 0 Å². The van der Waals surface area contributed by atoms with Crippen LogP contribution in [0.3, 0.4) is 0 Å². The van der Waals surface area contributed by atoms with Gasteiger partial charge in [-0.05, 0) is 25.5 Å². The number of hydrogen-bond donors (Lipinski definition) is 0. The van der Waals surface area contributed by atoms with Crippen LogP contribution >= 0.6 is 0 Å². The second-order valence-electron chi connectivity index (χ2n) is 3.71. The molecule has 1 aromatic rings. The average Bonchev–Trinajstić information content (AvgIpc) is 2.38. The second kappa shape index (κ2) is 8.91. The van der Waals surface area contributed by atoms with E-state index in [-0.39, 0.29) is 46.8 Å². The zero-order chi connectivity index (χ0) is 13.5. The van der Waals surface area contributed by atoms with Crippen LogP contribution in [0.5, 0.6) is 0 Å². The van der Waals surface area contributed by atoms with E-state index >= 15 is 0 Å². The Balaban J connectivity index is 0.00000324. The van der Waals surface area contributed by atoms with Crippen molar-refractivity contribution in [1.82, 2.24) is 0 Å². The number of carboxylic acid groups (broad SMARTS) is 1. The number of benzene rings is 1. The van der Waals surface area contributed by atoms with E-state index < -0.39 is 11.9 Å². The van der Waals surface area contributed by atoms with Crippen molar-refractivity contribution in [2.45, 2.75) is 26.4 Å². The normalized spacial score (nSPS) is 11.7. The van der Waals surface area contributed by atoms with Gasteiger partial charge >= 0.3 is 35.5 Å². The van der Waals surface area contributed by atoms with E-state index in [1.807, 2.05) is 13.8 Å². The molecule has 0 bridgehead atoms. The van der Waals surface area contributed by atoms with Crippen molar-refractivity contribution < 1.29 is 49.0 Å². The van der Waals surface area contributed by atoms with Crippen LogP contribution in [-0.2, 0) is 4.74 Å². The van der Waals surface area contributed by atoms with Gasteiger partial charge in [0.25, 0.3) is 0 Å². The summed E-state index contributed by atoms with van der Waals surface area (Å²) in [6, 6.07) is 5.85. The zero-order valence-corrected chi connectivity index (χ0v) is 13.4. The molecular formula is C14H15NaO4. The first-order valence-electron chi connectivity index (χ1n) is 5.74. The largest absolute Gasteiger partial charge is 1.00 e. The van der Waals surface area contributed by atoms with Crippen molar-refractivity contribution in [2.75, 3.05) is 0 Å². The van der Waals surface area contributed by atoms with E-state index in [1.54, 1.807) is 18.2 Å². The van der Waals surface area contributed by atoms with Crippen LogP contribution in [0.15, 0.2) is 36.4 Å². The molecule has 0 amide bonds. The summed E-state index contributed by atoms with van der Waals surface area (Å²) in [5.41, 5.74) is -0.140. The molecule has 0 spiro atoms. The molecule has 0 aliphatic carbocycles. The molecule has 0 aromatic heterocycles. The Morgan fingerprint density at radius 1 is 1.32 bits per heavy atom. The molecule has 0 saturated carbocycles. The van der Waals surface area contributed by atoms with Crippen molar-refractivity contribution in [3.63, 3.8) is 0 Å². The predicted molar refractivity (Wildman–Crippen MR) is 65.1 cm³/mol. The Labute approximate surface area is 134 Å². The molecule has 0 heterocycles. The van der Waals surface area contributed by atoms with Crippen LogP contribution in [0, 0.1) is 0 Å². The van der Waals surface area contributed by atoms with Gasteiger partial charge in [0.2, 0.25) is 0 Å². The van der Waals surface area contributed by atoms with Gasteiger partial charge < -0.3 is 14.6 Å². The minimum Gasteiger partial charge on any atom is -0.545 e. The van der Waals surface area contributed by atoms with Gasteiger partial charge in [0.05, 0.1) is 11.5 Å². The summed E-state index contributed by atoms with van der Waals surface area (Å²) in [5.74, 6) is -2.04. The Kier molecular flexibility index (Phi) is 8.39. The van der Waals surface area contributed by atoms with E-state index in [9.17, 15) is 14.7 Å². The van der Waals surface area contributed by atoms with Crippen molar-refractivity contribution in [3.8, 4) is 0 Å². The second-order valence-corrected chi connectivity index (χ2v) is 3.71. The fourth-order valence-electron chi connectivity index (χ4n) is 1.51. The van der Waals surface area contributed by atoms with Gasteiger partial charge in [-0.15, -0.1) is 0 Å². The molecule has 5 heteroatoms. The topological polar surface area (TPSA) is 66.4 Å². The molecule has 1 rings (SSSR count). The summed E-state index contributed by atoms with van der Waals surface area (Å²) in [4.78, 5) is 22.7. The molecule has 0 radical (unpaired) electrons. The number of carbonyl (C=O) groups is 2. The van der Waals surface area contributed by atoms with Gasteiger partial charge in [0, 0.05) is 5.56 Å². The first-order chi connectivity index (χ1) is 8.60. The molecular weight excluding hydrogens is 255 g/mol. The van der Waals surface area contributed by atoms with E-state index in [4.69, 9.17) is 4.74 Å². The molecule has 1 atom stereocenters. The van der Waals surface area contributed by atoms with Crippen LogP contribution in [0.2, 0.25) is 0 Å². The van der Waals surface area contributed by atoms with E-state index in [2.05, 4.69) is 0 Å². The van der Waals surface area contributed by atoms with Gasteiger partial charge in [-0.25, -0.2) is 4.79 Å². The summed E-state index contributed by atoms with van der Waals surface area (Å²) in [7, 11) is 0. The standard InChI is InChI=1S/C14H16O4.Na/c1-3-7-10(4-2)18-14(17)12-9-6-5-8-11(12)13(15)16;/h3,5-10H,4H2,1-2H3,(H,15,16);/q;+1/p-1/b7-3+;/t10-;/m1./s1. The Morgan fingerprint density at radius 3 is 2.37 bits per heavy atom. The maximum Gasteiger partial charge on any atom is 1.00 e. The van der Waals surface area contributed by atoms with Gasteiger partial charge in [-0.2, -0.15) is 0 Å². The number of carbonyl (C=O) groups excluding carboxylic acids is 2. The summed E-state index contributed by atoms with van der Waals surface area (Å²) in [6.45, 7) is 3.70. The van der Waals surface area contributed by atoms with Gasteiger partial charge in [-0.3, -0.25) is 0 Å². The molecule has 0 saturated heterocycles. The molecule has 0 aliphatic rings. The van der Waals surface area contributed by atoms with Gasteiger partial charge in [0.1, 0.15) is 6.10 Å². The Hall–Kier alpha value is -1.10. The first-order valence-corrected chi connectivity index (χ1v) is 5.74. The van der Waals surface area contributed by atoms with Crippen LogP contribution in [0.1, 0.15) is 41.0 Å². The molecule has 0 fully saturated rings. The monoisotopic (exact) mass is 270 g/mol. The molecule has 0 aliphatic heterocycles. The summed E-state index contributed by atoms with van der Waals surface area (Å²) in [5, 5.41) is 10.9. The molecule has 0 N–H and O–H groups in total. The van der Waals surface area contributed by atoms with Crippen LogP contribution in [0.25, 0.3) is 0 Å². The fourth-order valence-corrected chi connectivity index (χ4v) is 1.51. The minimum absolute atomic E-state index is 0. The van der Waals surface area contributed by atoms with E-state index in [0.29, 0.717) is 6.42 Å². The molecule has 1 aromatic carbocycles. The third-order valence-corrected chi connectivity index (χ3v) is 2.43. The third kappa shape index (κ3) is 5.19. The van der Waals surface area contributed by atoms with Crippen LogP contribution < -0.4 is 34.7 Å². The van der Waals surface area contributed by atoms with E-state index in [0.717, 1.165) is 0 Å². The molecule has 96 valence electrons. The smallest absolute Gasteiger partial charge is 0.545 e. The predicted octanol–water partition coefficient (Wildman–Crippen LogP) is -1.43. The molecule has 19 heavy (non-hydrogen) atoms. The average molecular weight is 270 g/mol. The number of aromatic carboxylic acids is 1. The van der Waals surface area contributed by atoms with Crippen molar-refractivity contribution >= 4 is 11.9 Å². The number of carboxylic acids is 1. The number of ether oxygens (including phenoxy) is 1. The van der Waals surface area contributed by atoms with Crippen molar-refractivity contribution in [2.24, 2.45) is 0 Å². The van der Waals surface area contributed by atoms with Gasteiger partial charge in [0.15, 0.2) is 0 Å². The Bertz CT molecular complexity index is 468. The maximum atomic E-state index is 11.9. The summed E-state index contributed by atoms with van der Waals surface area (Å²) < 4.78 is 5.20. The third-order valence-electron chi connectivity index (χ3n) is 2.43. The number of hydrogen-bond acceptors (Lipinski definition) is 4. The molecule has 4 nitrogen and oxygen atoms in total. The number of rotatable bonds is 5. The minimum atomic E-state index is -1.39. The summed E-state index contributed by atoms with van der Waals surface area (Å²) in [6.07, 6.45) is 3.81. The van der Waals surface area contributed by atoms with E-state index in [1.165, 1.54) is 18.2 Å². The van der Waals surface area contributed by atoms with Gasteiger partial charge in [-0.1, -0.05) is 31.2 Å². The molecule has 0 unspecified atom stereocenters. The van der Waals surface area contributed by atoms with Crippen molar-refractivity contribution in [3.05, 3.63) is 47.5 Å². The fraction of sp³-hybridized carbons (Fsp3) is 0.286. The zero-order valence-electron chi connectivity index (χ0n) is 11.4. The van der Waals surface area contributed by atoms with Crippen LogP contribution in [-0.4, -0.2) is 18.0 Å². The summed E-state index contributed by atoms with van der Waals surface area (Å²) >= 11 is 0. The number of esters is 1. The first kappa shape index (κ1) is 17.9. The Morgan fingerprint density at radius 2 is 1.89 bits per heavy atom. The quantitative estimate of drug-likeness (QED) is 0.373. The maximum absolute atomic E-state index is 11.9. The SMILES string of the molecule is C/C=C/[C@@H](CC)OC(=O)c1ccccc1C(=O)[O-].[Na+].